The van der Waals surface area contributed by atoms with E-state index < -0.39 is 11.1 Å². The Morgan fingerprint density at radius 2 is 2.03 bits per heavy atom. The highest BCUT2D eigenvalue weighted by Gasteiger charge is 2.37. The Morgan fingerprint density at radius 3 is 2.68 bits per heavy atom. The molecule has 0 spiro atoms. The molecule has 0 N–H and O–H groups in total. The summed E-state index contributed by atoms with van der Waals surface area (Å²) in [6.45, 7) is 5.62. The number of amides is 3. The number of rotatable bonds is 7. The number of carbonyl (C=O) groups excluding carboxylic acids is 3. The summed E-state index contributed by atoms with van der Waals surface area (Å²) in [4.78, 5) is 40.5. The molecule has 0 aliphatic carbocycles. The Balaban J connectivity index is 1.77. The Kier molecular flexibility index (Phi) is 8.23. The molecule has 0 aromatic heterocycles. The van der Waals surface area contributed by atoms with E-state index in [0.717, 1.165) is 26.7 Å². The van der Waals surface area contributed by atoms with E-state index in [1.54, 1.807) is 24.2 Å². The molecule has 1 aromatic carbocycles. The van der Waals surface area contributed by atoms with E-state index in [0.29, 0.717) is 43.4 Å². The van der Waals surface area contributed by atoms with E-state index in [9.17, 15) is 14.4 Å². The molecule has 31 heavy (non-hydrogen) atoms. The molecule has 8 nitrogen and oxygen atoms in total. The van der Waals surface area contributed by atoms with Crippen LogP contribution in [0.25, 0.3) is 6.08 Å². The first kappa shape index (κ1) is 23.9. The first-order valence-electron chi connectivity index (χ1n) is 9.99. The number of halogens is 1. The summed E-state index contributed by atoms with van der Waals surface area (Å²) in [5, 5.41) is -0.448. The molecule has 3 amide bonds. The van der Waals surface area contributed by atoms with E-state index in [1.165, 1.54) is 0 Å². The Morgan fingerprint density at radius 1 is 1.32 bits per heavy atom. The number of benzene rings is 1. The van der Waals surface area contributed by atoms with Gasteiger partial charge in [-0.3, -0.25) is 19.3 Å². The lowest BCUT2D eigenvalue weighted by atomic mass is 10.1. The summed E-state index contributed by atoms with van der Waals surface area (Å²) in [7, 11) is 1.56. The summed E-state index contributed by atoms with van der Waals surface area (Å²) in [6, 6.07) is 3.64. The van der Waals surface area contributed by atoms with Crippen molar-refractivity contribution in [2.24, 2.45) is 0 Å². The van der Waals surface area contributed by atoms with Crippen LogP contribution in [0, 0.1) is 3.57 Å². The highest BCUT2D eigenvalue weighted by Crippen LogP contribution is 2.37. The molecule has 2 saturated heterocycles. The van der Waals surface area contributed by atoms with Crippen molar-refractivity contribution in [3.05, 3.63) is 26.2 Å². The minimum Gasteiger partial charge on any atom is -0.493 e. The van der Waals surface area contributed by atoms with Crippen molar-refractivity contribution in [1.29, 1.82) is 0 Å². The standard InChI is InChI=1S/C21H25IN2O6S/c1-4-13(2)30-19-15(22)9-14(10-16(19)28-3)11-17-20(26)24(21(27)31-17)12-18(25)23-5-7-29-8-6-23/h9-11,13H,4-8,12H2,1-3H3/b17-11+/t13-/m0/s1. The second-order valence-electron chi connectivity index (χ2n) is 7.13. The zero-order valence-corrected chi connectivity index (χ0v) is 20.7. The summed E-state index contributed by atoms with van der Waals surface area (Å²) in [6.07, 6.45) is 2.54. The van der Waals surface area contributed by atoms with Crippen LogP contribution in [-0.2, 0) is 14.3 Å². The Bertz CT molecular complexity index is 900. The van der Waals surface area contributed by atoms with E-state index in [2.05, 4.69) is 22.6 Å². The van der Waals surface area contributed by atoms with Gasteiger partial charge in [0.2, 0.25) is 5.91 Å². The number of morpholine rings is 1. The van der Waals surface area contributed by atoms with Gasteiger partial charge in [0, 0.05) is 13.1 Å². The molecule has 2 fully saturated rings. The van der Waals surface area contributed by atoms with Gasteiger partial charge in [0.15, 0.2) is 11.5 Å². The average Bonchev–Trinajstić information content (AvgIpc) is 3.02. The summed E-state index contributed by atoms with van der Waals surface area (Å²) in [5.74, 6) is 0.485. The average molecular weight is 560 g/mol. The van der Waals surface area contributed by atoms with E-state index >= 15 is 0 Å². The fraction of sp³-hybridized carbons (Fsp3) is 0.476. The van der Waals surface area contributed by atoms with Crippen LogP contribution in [0.5, 0.6) is 11.5 Å². The van der Waals surface area contributed by atoms with Gasteiger partial charge in [0.05, 0.1) is 34.9 Å². The molecule has 3 rings (SSSR count). The predicted molar refractivity (Wildman–Crippen MR) is 126 cm³/mol. The fourth-order valence-electron chi connectivity index (χ4n) is 3.06. The van der Waals surface area contributed by atoms with Crippen LogP contribution in [0.2, 0.25) is 0 Å². The molecular weight excluding hydrogens is 535 g/mol. The van der Waals surface area contributed by atoms with Gasteiger partial charge in [-0.25, -0.2) is 0 Å². The Hall–Kier alpha value is -1.79. The number of hydrogen-bond acceptors (Lipinski definition) is 7. The fourth-order valence-corrected chi connectivity index (χ4v) is 4.65. The molecule has 1 atom stereocenters. The zero-order chi connectivity index (χ0) is 22.5. The highest BCUT2D eigenvalue weighted by molar-refractivity contribution is 14.1. The third-order valence-corrected chi connectivity index (χ3v) is 6.68. The number of ether oxygens (including phenoxy) is 3. The van der Waals surface area contributed by atoms with Crippen LogP contribution in [0.4, 0.5) is 4.79 Å². The molecule has 0 bridgehead atoms. The smallest absolute Gasteiger partial charge is 0.294 e. The maximum Gasteiger partial charge on any atom is 0.294 e. The van der Waals surface area contributed by atoms with Crippen LogP contribution < -0.4 is 9.47 Å². The third kappa shape index (κ3) is 5.72. The van der Waals surface area contributed by atoms with Crippen LogP contribution in [0.15, 0.2) is 17.0 Å². The minimum absolute atomic E-state index is 0.0359. The topological polar surface area (TPSA) is 85.4 Å². The SMILES string of the molecule is CC[C@H](C)Oc1c(I)cc(/C=C2/SC(=O)N(CC(=O)N3CCOCC3)C2=O)cc1OC. The molecule has 0 unspecified atom stereocenters. The van der Waals surface area contributed by atoms with Crippen molar-refractivity contribution in [2.45, 2.75) is 26.4 Å². The van der Waals surface area contributed by atoms with E-state index in [4.69, 9.17) is 14.2 Å². The van der Waals surface area contributed by atoms with Crippen LogP contribution in [0.1, 0.15) is 25.8 Å². The number of carbonyl (C=O) groups is 3. The number of nitrogens with zero attached hydrogens (tertiary/aromatic N) is 2. The van der Waals surface area contributed by atoms with Gasteiger partial charge >= 0.3 is 0 Å². The van der Waals surface area contributed by atoms with E-state index in [-0.39, 0.29) is 23.5 Å². The molecule has 2 aliphatic heterocycles. The number of thioether (sulfide) groups is 1. The van der Waals surface area contributed by atoms with Gasteiger partial charge in [-0.2, -0.15) is 0 Å². The number of imide groups is 1. The molecular formula is C21H25IN2O6S. The second-order valence-corrected chi connectivity index (χ2v) is 9.29. The van der Waals surface area contributed by atoms with Gasteiger partial charge in [0.1, 0.15) is 6.54 Å². The van der Waals surface area contributed by atoms with Gasteiger partial charge in [-0.05, 0) is 71.5 Å². The highest BCUT2D eigenvalue weighted by atomic mass is 127. The lowest BCUT2D eigenvalue weighted by Crippen LogP contribution is -2.46. The first-order chi connectivity index (χ1) is 14.8. The number of methoxy groups -OCH3 is 1. The zero-order valence-electron chi connectivity index (χ0n) is 17.7. The number of hydrogen-bond donors (Lipinski definition) is 0. The van der Waals surface area contributed by atoms with Crippen molar-refractivity contribution < 1.29 is 28.6 Å². The maximum absolute atomic E-state index is 12.8. The van der Waals surface area contributed by atoms with Gasteiger partial charge in [-0.15, -0.1) is 0 Å². The minimum atomic E-state index is -0.467. The normalized spacial score (nSPS) is 19.2. The summed E-state index contributed by atoms with van der Waals surface area (Å²) < 4.78 is 17.5. The van der Waals surface area contributed by atoms with Crippen LogP contribution in [-0.4, -0.2) is 72.9 Å². The molecule has 0 saturated carbocycles. The van der Waals surface area contributed by atoms with Crippen LogP contribution in [0.3, 0.4) is 0 Å². The van der Waals surface area contributed by atoms with E-state index in [1.807, 2.05) is 19.9 Å². The van der Waals surface area contributed by atoms with Crippen molar-refractivity contribution >= 4 is 57.5 Å². The summed E-state index contributed by atoms with van der Waals surface area (Å²) >= 11 is 2.99. The molecule has 10 heteroatoms. The first-order valence-corrected chi connectivity index (χ1v) is 11.9. The van der Waals surface area contributed by atoms with Crippen molar-refractivity contribution in [1.82, 2.24) is 9.80 Å². The molecule has 2 aliphatic rings. The molecule has 0 radical (unpaired) electrons. The molecule has 168 valence electrons. The lowest BCUT2D eigenvalue weighted by molar-refractivity contribution is -0.139. The Labute approximate surface area is 199 Å². The second kappa shape index (κ2) is 10.7. The quantitative estimate of drug-likeness (QED) is 0.374. The lowest BCUT2D eigenvalue weighted by Gasteiger charge is -2.28. The molecule has 1 aromatic rings. The van der Waals surface area contributed by atoms with Crippen molar-refractivity contribution in [3.8, 4) is 11.5 Å². The largest absolute Gasteiger partial charge is 0.493 e. The van der Waals surface area contributed by atoms with Crippen molar-refractivity contribution in [2.75, 3.05) is 40.0 Å². The van der Waals surface area contributed by atoms with Gasteiger partial charge < -0.3 is 19.1 Å². The van der Waals surface area contributed by atoms with Gasteiger partial charge in [-0.1, -0.05) is 6.92 Å². The van der Waals surface area contributed by atoms with Gasteiger partial charge in [0.25, 0.3) is 11.1 Å². The monoisotopic (exact) mass is 560 g/mol. The third-order valence-electron chi connectivity index (χ3n) is 4.97. The maximum atomic E-state index is 12.8. The predicted octanol–water partition coefficient (Wildman–Crippen LogP) is 3.37. The van der Waals surface area contributed by atoms with Crippen molar-refractivity contribution in [3.63, 3.8) is 0 Å². The summed E-state index contributed by atoms with van der Waals surface area (Å²) in [5.41, 5.74) is 0.711. The molecule has 2 heterocycles. The van der Waals surface area contributed by atoms with Crippen LogP contribution >= 0.6 is 34.4 Å².